The standard InChI is InChI=1S/C22H33N3O3/c1-17-3-4-18(2)20(13-17)14-21(26)23-15-19-5-7-24(8-6-19)16-22(27)25-9-11-28-12-10-25/h3-4,13,19H,5-12,14-16H2,1-2H3,(H,23,26). The minimum Gasteiger partial charge on any atom is -0.378 e. The molecule has 1 aromatic rings. The molecular formula is C22H33N3O3. The summed E-state index contributed by atoms with van der Waals surface area (Å²) in [6, 6.07) is 6.25. The van der Waals surface area contributed by atoms with Crippen LogP contribution in [-0.4, -0.2) is 74.1 Å². The zero-order valence-corrected chi connectivity index (χ0v) is 17.2. The molecule has 2 heterocycles. The molecule has 2 saturated heterocycles. The Kier molecular flexibility index (Phi) is 7.45. The lowest BCUT2D eigenvalue weighted by molar-refractivity contribution is -0.136. The van der Waals surface area contributed by atoms with E-state index in [0.717, 1.165) is 38.0 Å². The van der Waals surface area contributed by atoms with Crippen LogP contribution in [0.2, 0.25) is 0 Å². The summed E-state index contributed by atoms with van der Waals surface area (Å²) >= 11 is 0. The van der Waals surface area contributed by atoms with Crippen molar-refractivity contribution in [2.75, 3.05) is 52.5 Å². The molecule has 0 saturated carbocycles. The summed E-state index contributed by atoms with van der Waals surface area (Å²) in [5.74, 6) is 0.805. The Hall–Kier alpha value is -1.92. The second kappa shape index (κ2) is 10.0. The second-order valence-electron chi connectivity index (χ2n) is 8.12. The van der Waals surface area contributed by atoms with E-state index in [9.17, 15) is 9.59 Å². The molecule has 6 heteroatoms. The van der Waals surface area contributed by atoms with Crippen LogP contribution in [0.4, 0.5) is 0 Å². The molecule has 28 heavy (non-hydrogen) atoms. The van der Waals surface area contributed by atoms with Crippen molar-refractivity contribution in [3.05, 3.63) is 34.9 Å². The molecule has 0 aliphatic carbocycles. The average Bonchev–Trinajstić information content (AvgIpc) is 2.71. The van der Waals surface area contributed by atoms with Gasteiger partial charge in [-0.05, 0) is 56.8 Å². The van der Waals surface area contributed by atoms with Crippen LogP contribution in [0, 0.1) is 19.8 Å². The Morgan fingerprint density at radius 1 is 1.11 bits per heavy atom. The van der Waals surface area contributed by atoms with Crippen molar-refractivity contribution >= 4 is 11.8 Å². The van der Waals surface area contributed by atoms with Crippen molar-refractivity contribution in [3.63, 3.8) is 0 Å². The van der Waals surface area contributed by atoms with Crippen LogP contribution in [0.3, 0.4) is 0 Å². The van der Waals surface area contributed by atoms with Gasteiger partial charge in [-0.3, -0.25) is 14.5 Å². The van der Waals surface area contributed by atoms with Gasteiger partial charge in [-0.15, -0.1) is 0 Å². The van der Waals surface area contributed by atoms with E-state index in [-0.39, 0.29) is 11.8 Å². The van der Waals surface area contributed by atoms with Crippen LogP contribution in [0.1, 0.15) is 29.5 Å². The maximum absolute atomic E-state index is 12.4. The largest absolute Gasteiger partial charge is 0.378 e. The number of likely N-dealkylation sites (tertiary alicyclic amines) is 1. The number of piperidine rings is 1. The van der Waals surface area contributed by atoms with Crippen LogP contribution < -0.4 is 5.32 Å². The maximum atomic E-state index is 12.4. The number of carbonyl (C=O) groups is 2. The van der Waals surface area contributed by atoms with Gasteiger partial charge in [0.05, 0.1) is 26.2 Å². The molecule has 3 rings (SSSR count). The van der Waals surface area contributed by atoms with Crippen LogP contribution >= 0.6 is 0 Å². The number of hydrogen-bond acceptors (Lipinski definition) is 4. The van der Waals surface area contributed by atoms with E-state index >= 15 is 0 Å². The van der Waals surface area contributed by atoms with E-state index in [4.69, 9.17) is 4.74 Å². The summed E-state index contributed by atoms with van der Waals surface area (Å²) < 4.78 is 5.31. The van der Waals surface area contributed by atoms with Gasteiger partial charge in [0.1, 0.15) is 0 Å². The van der Waals surface area contributed by atoms with Crippen molar-refractivity contribution in [3.8, 4) is 0 Å². The molecule has 0 radical (unpaired) electrons. The van der Waals surface area contributed by atoms with Crippen LogP contribution in [-0.2, 0) is 20.7 Å². The predicted molar refractivity (Wildman–Crippen MR) is 109 cm³/mol. The fraction of sp³-hybridized carbons (Fsp3) is 0.636. The highest BCUT2D eigenvalue weighted by Crippen LogP contribution is 2.17. The van der Waals surface area contributed by atoms with Crippen molar-refractivity contribution in [1.29, 1.82) is 0 Å². The number of benzene rings is 1. The topological polar surface area (TPSA) is 61.9 Å². The van der Waals surface area contributed by atoms with E-state index in [1.807, 2.05) is 4.90 Å². The number of carbonyl (C=O) groups excluding carboxylic acids is 2. The lowest BCUT2D eigenvalue weighted by Crippen LogP contribution is -2.47. The highest BCUT2D eigenvalue weighted by molar-refractivity contribution is 5.79. The van der Waals surface area contributed by atoms with Gasteiger partial charge in [-0.1, -0.05) is 23.8 Å². The van der Waals surface area contributed by atoms with Gasteiger partial charge in [-0.2, -0.15) is 0 Å². The number of amides is 2. The first-order chi connectivity index (χ1) is 13.5. The molecule has 6 nitrogen and oxygen atoms in total. The van der Waals surface area contributed by atoms with Gasteiger partial charge in [0.15, 0.2) is 0 Å². The molecule has 0 spiro atoms. The molecule has 0 unspecified atom stereocenters. The Labute approximate surface area is 168 Å². The Morgan fingerprint density at radius 2 is 1.82 bits per heavy atom. The third-order valence-corrected chi connectivity index (χ3v) is 5.87. The number of hydrogen-bond donors (Lipinski definition) is 1. The third kappa shape index (κ3) is 6.04. The second-order valence-corrected chi connectivity index (χ2v) is 8.12. The Bertz CT molecular complexity index is 678. The van der Waals surface area contributed by atoms with Gasteiger partial charge < -0.3 is 15.0 Å². The van der Waals surface area contributed by atoms with Gasteiger partial charge >= 0.3 is 0 Å². The van der Waals surface area contributed by atoms with Crippen molar-refractivity contribution in [2.24, 2.45) is 5.92 Å². The van der Waals surface area contributed by atoms with E-state index in [1.165, 1.54) is 11.1 Å². The van der Waals surface area contributed by atoms with Gasteiger partial charge in [0.2, 0.25) is 11.8 Å². The van der Waals surface area contributed by atoms with Crippen LogP contribution in [0.15, 0.2) is 18.2 Å². The first kappa shape index (κ1) is 20.8. The lowest BCUT2D eigenvalue weighted by Gasteiger charge is -2.34. The van der Waals surface area contributed by atoms with E-state index in [0.29, 0.717) is 45.2 Å². The zero-order chi connectivity index (χ0) is 19.9. The first-order valence-electron chi connectivity index (χ1n) is 10.4. The molecule has 2 aliphatic heterocycles. The number of nitrogens with zero attached hydrogens (tertiary/aromatic N) is 2. The first-order valence-corrected chi connectivity index (χ1v) is 10.4. The number of nitrogens with one attached hydrogen (secondary N) is 1. The average molecular weight is 388 g/mol. The van der Waals surface area contributed by atoms with Gasteiger partial charge in [0.25, 0.3) is 0 Å². The number of morpholine rings is 1. The quantitative estimate of drug-likeness (QED) is 0.804. The third-order valence-electron chi connectivity index (χ3n) is 5.87. The molecule has 154 valence electrons. The van der Waals surface area contributed by atoms with Crippen molar-refractivity contribution in [1.82, 2.24) is 15.1 Å². The summed E-state index contributed by atoms with van der Waals surface area (Å²) in [4.78, 5) is 28.8. The van der Waals surface area contributed by atoms with Crippen molar-refractivity contribution in [2.45, 2.75) is 33.1 Å². The summed E-state index contributed by atoms with van der Waals surface area (Å²) in [7, 11) is 0. The molecule has 0 atom stereocenters. The summed E-state index contributed by atoms with van der Waals surface area (Å²) in [5, 5.41) is 3.11. The Balaban J connectivity index is 1.35. The molecule has 1 aromatic carbocycles. The minimum absolute atomic E-state index is 0.0959. The van der Waals surface area contributed by atoms with E-state index < -0.39 is 0 Å². The number of aryl methyl sites for hydroxylation is 2. The molecule has 1 N–H and O–H groups in total. The Morgan fingerprint density at radius 3 is 2.54 bits per heavy atom. The SMILES string of the molecule is Cc1ccc(C)c(CC(=O)NCC2CCN(CC(=O)N3CCOCC3)CC2)c1. The highest BCUT2D eigenvalue weighted by atomic mass is 16.5. The lowest BCUT2D eigenvalue weighted by atomic mass is 9.96. The van der Waals surface area contributed by atoms with E-state index in [2.05, 4.69) is 42.3 Å². The molecular weight excluding hydrogens is 354 g/mol. The molecule has 0 aromatic heterocycles. The molecule has 2 aliphatic rings. The minimum atomic E-state index is 0.0959. The highest BCUT2D eigenvalue weighted by Gasteiger charge is 2.24. The summed E-state index contributed by atoms with van der Waals surface area (Å²) in [6.45, 7) is 9.91. The monoisotopic (exact) mass is 387 g/mol. The normalized spacial score (nSPS) is 18.9. The molecule has 2 fully saturated rings. The number of rotatable bonds is 6. The number of ether oxygens (including phenoxy) is 1. The van der Waals surface area contributed by atoms with Gasteiger partial charge in [0, 0.05) is 19.6 Å². The fourth-order valence-corrected chi connectivity index (χ4v) is 3.94. The zero-order valence-electron chi connectivity index (χ0n) is 17.2. The predicted octanol–water partition coefficient (Wildman–Crippen LogP) is 1.53. The summed E-state index contributed by atoms with van der Waals surface area (Å²) in [5.41, 5.74) is 3.46. The van der Waals surface area contributed by atoms with Crippen LogP contribution in [0.25, 0.3) is 0 Å². The maximum Gasteiger partial charge on any atom is 0.236 e. The van der Waals surface area contributed by atoms with Crippen molar-refractivity contribution < 1.29 is 14.3 Å². The smallest absolute Gasteiger partial charge is 0.236 e. The fourth-order valence-electron chi connectivity index (χ4n) is 3.94. The molecule has 0 bridgehead atoms. The van der Waals surface area contributed by atoms with Crippen LogP contribution in [0.5, 0.6) is 0 Å². The van der Waals surface area contributed by atoms with Gasteiger partial charge in [-0.25, -0.2) is 0 Å². The summed E-state index contributed by atoms with van der Waals surface area (Å²) in [6.07, 6.45) is 2.50. The van der Waals surface area contributed by atoms with E-state index in [1.54, 1.807) is 0 Å². The molecule has 2 amide bonds.